The number of rotatable bonds is 5. The highest BCUT2D eigenvalue weighted by molar-refractivity contribution is 7.80. The summed E-state index contributed by atoms with van der Waals surface area (Å²) in [5.74, 6) is -0.809. The fourth-order valence-corrected chi connectivity index (χ4v) is 4.42. The highest BCUT2D eigenvalue weighted by Gasteiger charge is 2.24. The maximum Gasteiger partial charge on any atom is 0.337 e. The number of carbonyl (C=O) groups is 3. The minimum Gasteiger partial charge on any atom is -0.465 e. The number of amides is 2. The number of hydrogen-bond acceptors (Lipinski definition) is 6. The summed E-state index contributed by atoms with van der Waals surface area (Å²) in [6.45, 7) is 4.12. The van der Waals surface area contributed by atoms with Gasteiger partial charge in [0.05, 0.1) is 24.0 Å². The number of anilines is 2. The Kier molecular flexibility index (Phi) is 8.15. The first-order valence-corrected chi connectivity index (χ1v) is 12.3. The second-order valence-electron chi connectivity index (χ2n) is 8.59. The molecule has 1 saturated heterocycles. The minimum atomic E-state index is -0.484. The van der Waals surface area contributed by atoms with Crippen LogP contribution < -0.4 is 15.5 Å². The van der Waals surface area contributed by atoms with Gasteiger partial charge in [-0.25, -0.2) is 4.79 Å². The Bertz CT molecular complexity index is 1320. The monoisotopic (exact) mass is 516 g/mol. The van der Waals surface area contributed by atoms with Gasteiger partial charge < -0.3 is 19.9 Å². The van der Waals surface area contributed by atoms with E-state index in [0.29, 0.717) is 48.6 Å². The van der Waals surface area contributed by atoms with E-state index in [1.54, 1.807) is 24.3 Å². The first kappa shape index (κ1) is 25.8. The van der Waals surface area contributed by atoms with E-state index in [1.807, 2.05) is 60.4 Å². The van der Waals surface area contributed by atoms with Crippen molar-refractivity contribution in [3.63, 3.8) is 0 Å². The van der Waals surface area contributed by atoms with E-state index in [1.165, 1.54) is 7.11 Å². The summed E-state index contributed by atoms with van der Waals surface area (Å²) in [4.78, 5) is 41.7. The van der Waals surface area contributed by atoms with Gasteiger partial charge in [0, 0.05) is 37.3 Å². The van der Waals surface area contributed by atoms with Crippen LogP contribution in [0.15, 0.2) is 72.8 Å². The van der Waals surface area contributed by atoms with Crippen LogP contribution in [-0.2, 0) is 4.74 Å². The van der Waals surface area contributed by atoms with Gasteiger partial charge in [0.15, 0.2) is 5.11 Å². The maximum atomic E-state index is 12.8. The third kappa shape index (κ3) is 6.13. The van der Waals surface area contributed by atoms with Gasteiger partial charge in [-0.2, -0.15) is 0 Å². The standard InChI is InChI=1S/C28H28N4O4S/c1-19-8-6-7-11-22(19)25(33)30-28(37)29-23-18-21(27(35)36-2)12-13-24(23)31-14-16-32(17-15-31)26(34)20-9-4-3-5-10-20/h3-13,18H,14-17H2,1-2H3,(H2,29,30,33,37). The summed E-state index contributed by atoms with van der Waals surface area (Å²) >= 11 is 5.43. The fraction of sp³-hybridized carbons (Fsp3) is 0.214. The van der Waals surface area contributed by atoms with Crippen molar-refractivity contribution in [2.75, 3.05) is 43.5 Å². The molecule has 190 valence electrons. The van der Waals surface area contributed by atoms with E-state index in [9.17, 15) is 14.4 Å². The Morgan fingerprint density at radius 3 is 2.22 bits per heavy atom. The number of ether oxygens (including phenoxy) is 1. The second-order valence-corrected chi connectivity index (χ2v) is 9.00. The van der Waals surface area contributed by atoms with Crippen LogP contribution in [0.2, 0.25) is 0 Å². The molecule has 0 aromatic heterocycles. The fourth-order valence-electron chi connectivity index (χ4n) is 4.22. The minimum absolute atomic E-state index is 0.000247. The van der Waals surface area contributed by atoms with Gasteiger partial charge in [0.1, 0.15) is 0 Å². The molecule has 0 unspecified atom stereocenters. The lowest BCUT2D eigenvalue weighted by atomic mass is 10.1. The molecule has 1 aliphatic heterocycles. The lowest BCUT2D eigenvalue weighted by molar-refractivity contribution is 0.0600. The molecule has 0 saturated carbocycles. The van der Waals surface area contributed by atoms with Crippen LogP contribution in [0.3, 0.4) is 0 Å². The lowest BCUT2D eigenvalue weighted by Crippen LogP contribution is -2.49. The molecule has 0 aliphatic carbocycles. The molecule has 37 heavy (non-hydrogen) atoms. The first-order valence-electron chi connectivity index (χ1n) is 11.9. The zero-order valence-corrected chi connectivity index (χ0v) is 21.5. The van der Waals surface area contributed by atoms with Crippen molar-refractivity contribution in [3.05, 3.63) is 95.1 Å². The van der Waals surface area contributed by atoms with E-state index < -0.39 is 5.97 Å². The largest absolute Gasteiger partial charge is 0.465 e. The van der Waals surface area contributed by atoms with Crippen molar-refractivity contribution < 1.29 is 19.1 Å². The number of nitrogens with zero attached hydrogens (tertiary/aromatic N) is 2. The summed E-state index contributed by atoms with van der Waals surface area (Å²) in [5.41, 5.74) is 3.72. The van der Waals surface area contributed by atoms with Crippen molar-refractivity contribution in [1.29, 1.82) is 0 Å². The normalized spacial score (nSPS) is 13.0. The molecule has 3 aromatic rings. The van der Waals surface area contributed by atoms with Gasteiger partial charge in [-0.3, -0.25) is 14.9 Å². The van der Waals surface area contributed by atoms with Crippen molar-refractivity contribution in [2.24, 2.45) is 0 Å². The SMILES string of the molecule is COC(=O)c1ccc(N2CCN(C(=O)c3ccccc3)CC2)c(NC(=S)NC(=O)c2ccccc2C)c1. The predicted octanol–water partition coefficient (Wildman–Crippen LogP) is 3.87. The number of aryl methyl sites for hydroxylation is 1. The van der Waals surface area contributed by atoms with Gasteiger partial charge in [0.2, 0.25) is 0 Å². The molecular weight excluding hydrogens is 488 g/mol. The number of benzene rings is 3. The molecule has 0 spiro atoms. The van der Waals surface area contributed by atoms with E-state index in [0.717, 1.165) is 11.3 Å². The Balaban J connectivity index is 1.50. The Morgan fingerprint density at radius 1 is 0.865 bits per heavy atom. The molecule has 1 fully saturated rings. The summed E-state index contributed by atoms with van der Waals surface area (Å²) in [6.07, 6.45) is 0. The predicted molar refractivity (Wildman–Crippen MR) is 147 cm³/mol. The van der Waals surface area contributed by atoms with Crippen LogP contribution in [-0.4, -0.2) is 61.1 Å². The molecule has 8 nitrogen and oxygen atoms in total. The third-order valence-corrected chi connectivity index (χ3v) is 6.42. The van der Waals surface area contributed by atoms with Crippen LogP contribution in [0.4, 0.5) is 11.4 Å². The van der Waals surface area contributed by atoms with Gasteiger partial charge in [-0.1, -0.05) is 36.4 Å². The molecule has 1 aliphatic rings. The quantitative estimate of drug-likeness (QED) is 0.393. The van der Waals surface area contributed by atoms with Crippen LogP contribution in [0.25, 0.3) is 0 Å². The van der Waals surface area contributed by atoms with Crippen molar-refractivity contribution >= 4 is 46.5 Å². The molecule has 0 atom stereocenters. The Labute approximate surface area is 221 Å². The average molecular weight is 517 g/mol. The zero-order valence-electron chi connectivity index (χ0n) is 20.7. The number of thiocarbonyl (C=S) groups is 1. The highest BCUT2D eigenvalue weighted by atomic mass is 32.1. The van der Waals surface area contributed by atoms with Crippen molar-refractivity contribution in [3.8, 4) is 0 Å². The molecule has 2 N–H and O–H groups in total. The number of hydrogen-bond donors (Lipinski definition) is 2. The topological polar surface area (TPSA) is 91.0 Å². The molecule has 0 radical (unpaired) electrons. The summed E-state index contributed by atoms with van der Waals surface area (Å²) in [5, 5.41) is 5.89. The van der Waals surface area contributed by atoms with E-state index in [2.05, 4.69) is 15.5 Å². The molecular formula is C28H28N4O4S. The van der Waals surface area contributed by atoms with Gasteiger partial charge in [-0.15, -0.1) is 0 Å². The number of esters is 1. The van der Waals surface area contributed by atoms with Gasteiger partial charge in [-0.05, 0) is 61.1 Å². The van der Waals surface area contributed by atoms with Crippen molar-refractivity contribution in [2.45, 2.75) is 6.92 Å². The molecule has 9 heteroatoms. The van der Waals surface area contributed by atoms with E-state index in [4.69, 9.17) is 17.0 Å². The van der Waals surface area contributed by atoms with Crippen molar-refractivity contribution in [1.82, 2.24) is 10.2 Å². The molecule has 0 bridgehead atoms. The molecule has 2 amide bonds. The van der Waals surface area contributed by atoms with Crippen LogP contribution >= 0.6 is 12.2 Å². The number of carbonyl (C=O) groups excluding carboxylic acids is 3. The van der Waals surface area contributed by atoms with Gasteiger partial charge in [0.25, 0.3) is 11.8 Å². The molecule has 3 aromatic carbocycles. The molecule has 4 rings (SSSR count). The Morgan fingerprint density at radius 2 is 1.54 bits per heavy atom. The van der Waals surface area contributed by atoms with E-state index in [-0.39, 0.29) is 16.9 Å². The highest BCUT2D eigenvalue weighted by Crippen LogP contribution is 2.29. The summed E-state index contributed by atoms with van der Waals surface area (Å²) in [7, 11) is 1.32. The summed E-state index contributed by atoms with van der Waals surface area (Å²) in [6, 6.07) is 21.6. The second kappa shape index (κ2) is 11.7. The summed E-state index contributed by atoms with van der Waals surface area (Å²) < 4.78 is 4.87. The first-order chi connectivity index (χ1) is 17.9. The maximum absolute atomic E-state index is 12.8. The number of piperazine rings is 1. The van der Waals surface area contributed by atoms with Crippen LogP contribution in [0.5, 0.6) is 0 Å². The van der Waals surface area contributed by atoms with Gasteiger partial charge >= 0.3 is 5.97 Å². The smallest absolute Gasteiger partial charge is 0.337 e. The Hall–Kier alpha value is -4.24. The lowest BCUT2D eigenvalue weighted by Gasteiger charge is -2.37. The number of methoxy groups -OCH3 is 1. The van der Waals surface area contributed by atoms with Crippen LogP contribution in [0.1, 0.15) is 36.6 Å². The van der Waals surface area contributed by atoms with Crippen LogP contribution in [0, 0.1) is 6.92 Å². The average Bonchev–Trinajstić information content (AvgIpc) is 2.93. The van der Waals surface area contributed by atoms with E-state index >= 15 is 0 Å². The zero-order chi connectivity index (χ0) is 26.4. The number of nitrogens with one attached hydrogen (secondary N) is 2. The third-order valence-electron chi connectivity index (χ3n) is 6.21. The molecule has 1 heterocycles.